The van der Waals surface area contributed by atoms with Crippen molar-refractivity contribution < 1.29 is 41.4 Å². The summed E-state index contributed by atoms with van der Waals surface area (Å²) in [5.74, 6) is -3.79. The summed E-state index contributed by atoms with van der Waals surface area (Å²) in [5, 5.41) is 9.32. The van der Waals surface area contributed by atoms with Crippen molar-refractivity contribution in [1.29, 1.82) is 0 Å². The topological polar surface area (TPSA) is 76.0 Å². The predicted molar refractivity (Wildman–Crippen MR) is 134 cm³/mol. The maximum Gasteiger partial charge on any atom is 0.416 e. The van der Waals surface area contributed by atoms with E-state index in [1.54, 1.807) is 6.07 Å². The monoisotopic (exact) mass is 543 g/mol. The molecule has 5 nitrogen and oxygen atoms in total. The van der Waals surface area contributed by atoms with Gasteiger partial charge in [0.2, 0.25) is 0 Å². The van der Waals surface area contributed by atoms with Crippen LogP contribution in [0.15, 0.2) is 71.7 Å². The van der Waals surface area contributed by atoms with Crippen molar-refractivity contribution in [2.24, 2.45) is 4.99 Å². The molecule has 1 N–H and O–H groups in total. The maximum absolute atomic E-state index is 14.8. The van der Waals surface area contributed by atoms with Gasteiger partial charge in [0.15, 0.2) is 5.78 Å². The van der Waals surface area contributed by atoms with E-state index in [2.05, 4.69) is 4.99 Å². The first kappa shape index (κ1) is 27.7. The number of ether oxygens (including phenoxy) is 1. The first-order valence-corrected chi connectivity index (χ1v) is 11.9. The van der Waals surface area contributed by atoms with E-state index in [9.17, 15) is 36.6 Å². The molecule has 1 atom stereocenters. The molecule has 1 unspecified atom stereocenters. The minimum atomic E-state index is -4.79. The van der Waals surface area contributed by atoms with Gasteiger partial charge in [-0.3, -0.25) is 9.79 Å². The number of carboxylic acid groups (broad SMARTS) is 1. The minimum absolute atomic E-state index is 0.00202. The number of hydrogen-bond donors (Lipinski definition) is 1. The van der Waals surface area contributed by atoms with Crippen molar-refractivity contribution in [2.45, 2.75) is 31.5 Å². The Bertz CT molecular complexity index is 1480. The average molecular weight is 543 g/mol. The van der Waals surface area contributed by atoms with Crippen LogP contribution in [0, 0.1) is 11.6 Å². The highest BCUT2D eigenvalue weighted by molar-refractivity contribution is 6.07. The molecule has 0 bridgehead atoms. The van der Waals surface area contributed by atoms with Crippen LogP contribution in [0.25, 0.3) is 11.1 Å². The van der Waals surface area contributed by atoms with Crippen molar-refractivity contribution in [3.05, 3.63) is 101 Å². The van der Waals surface area contributed by atoms with Crippen LogP contribution >= 0.6 is 0 Å². The van der Waals surface area contributed by atoms with Gasteiger partial charge < -0.3 is 9.84 Å². The Balaban J connectivity index is 1.79. The number of carbonyl (C=O) groups excluding carboxylic acids is 1. The van der Waals surface area contributed by atoms with Gasteiger partial charge in [0, 0.05) is 18.2 Å². The number of rotatable bonds is 9. The number of alkyl halides is 3. The number of aliphatic imine (C=N–C) groups is 1. The van der Waals surface area contributed by atoms with Gasteiger partial charge in [0.25, 0.3) is 0 Å². The van der Waals surface area contributed by atoms with Crippen LogP contribution in [0.5, 0.6) is 5.75 Å². The van der Waals surface area contributed by atoms with E-state index < -0.39 is 46.2 Å². The van der Waals surface area contributed by atoms with Crippen molar-refractivity contribution in [3.8, 4) is 16.9 Å². The lowest BCUT2D eigenvalue weighted by Gasteiger charge is -2.25. The first-order chi connectivity index (χ1) is 18.4. The highest BCUT2D eigenvalue weighted by atomic mass is 19.4. The van der Waals surface area contributed by atoms with E-state index >= 15 is 0 Å². The third-order valence-corrected chi connectivity index (χ3v) is 6.20. The number of carboxylic acids is 1. The SMILES string of the molecule is CCCOc1ccc(-c2cc(C(=O)O)ccc2F)cc1CC1(C(=O)c2ccc(C(F)(F)F)cc2F)C=CC=N1. The predicted octanol–water partition coefficient (Wildman–Crippen LogP) is 6.94. The van der Waals surface area contributed by atoms with Crippen molar-refractivity contribution in [1.82, 2.24) is 0 Å². The molecule has 0 aromatic heterocycles. The average Bonchev–Trinajstić information content (AvgIpc) is 3.36. The molecule has 4 rings (SSSR count). The van der Waals surface area contributed by atoms with Crippen LogP contribution in [0.1, 0.15) is 45.2 Å². The van der Waals surface area contributed by atoms with Crippen LogP contribution in [0.2, 0.25) is 0 Å². The van der Waals surface area contributed by atoms with Crippen LogP contribution in [-0.2, 0) is 12.6 Å². The maximum atomic E-state index is 14.8. The van der Waals surface area contributed by atoms with E-state index in [1.165, 1.54) is 36.6 Å². The van der Waals surface area contributed by atoms with Crippen LogP contribution in [0.4, 0.5) is 22.0 Å². The molecule has 3 aromatic rings. The fourth-order valence-corrected chi connectivity index (χ4v) is 4.26. The molecule has 3 aromatic carbocycles. The molecule has 202 valence electrons. The normalized spacial score (nSPS) is 16.5. The number of benzene rings is 3. The van der Waals surface area contributed by atoms with Gasteiger partial charge in [-0.25, -0.2) is 13.6 Å². The van der Waals surface area contributed by atoms with Gasteiger partial charge in [-0.15, -0.1) is 0 Å². The van der Waals surface area contributed by atoms with E-state index in [0.717, 1.165) is 18.2 Å². The standard InChI is InChI=1S/C29H22F5NO4/c1-2-12-39-25-9-5-17(22-14-18(27(37)38)4-8-23(22)30)13-19(25)16-28(10-3-11-35-28)26(36)21-7-6-20(15-24(21)31)29(32,33)34/h3-11,13-15H,2,12,16H2,1H3,(H,37,38). The van der Waals surface area contributed by atoms with Gasteiger partial charge in [0.05, 0.1) is 23.3 Å². The fourth-order valence-electron chi connectivity index (χ4n) is 4.26. The van der Waals surface area contributed by atoms with Crippen LogP contribution < -0.4 is 4.74 Å². The lowest BCUT2D eigenvalue weighted by Crippen LogP contribution is -2.36. The number of nitrogens with zero attached hydrogens (tertiary/aromatic N) is 1. The van der Waals surface area contributed by atoms with Gasteiger partial charge in [0.1, 0.15) is 22.9 Å². The number of ketones is 1. The number of aromatic carboxylic acids is 1. The molecule has 0 saturated carbocycles. The molecule has 0 spiro atoms. The molecule has 0 aliphatic carbocycles. The van der Waals surface area contributed by atoms with Crippen molar-refractivity contribution >= 4 is 18.0 Å². The summed E-state index contributed by atoms with van der Waals surface area (Å²) in [6.45, 7) is 2.19. The first-order valence-electron chi connectivity index (χ1n) is 11.9. The summed E-state index contributed by atoms with van der Waals surface area (Å²) >= 11 is 0. The van der Waals surface area contributed by atoms with Gasteiger partial charge in [-0.1, -0.05) is 13.0 Å². The third kappa shape index (κ3) is 5.74. The highest BCUT2D eigenvalue weighted by Gasteiger charge is 2.40. The summed E-state index contributed by atoms with van der Waals surface area (Å²) in [6.07, 6.45) is -0.126. The van der Waals surface area contributed by atoms with E-state index in [-0.39, 0.29) is 23.6 Å². The summed E-state index contributed by atoms with van der Waals surface area (Å²) in [4.78, 5) is 29.2. The largest absolute Gasteiger partial charge is 0.493 e. The Hall–Kier alpha value is -4.34. The molecule has 1 aliphatic heterocycles. The lowest BCUT2D eigenvalue weighted by molar-refractivity contribution is -0.137. The zero-order valence-electron chi connectivity index (χ0n) is 20.6. The Morgan fingerprint density at radius 1 is 1.00 bits per heavy atom. The van der Waals surface area contributed by atoms with Gasteiger partial charge >= 0.3 is 12.1 Å². The highest BCUT2D eigenvalue weighted by Crippen LogP contribution is 2.36. The second kappa shape index (κ2) is 10.8. The second-order valence-electron chi connectivity index (χ2n) is 8.93. The molecule has 0 fully saturated rings. The van der Waals surface area contributed by atoms with E-state index in [4.69, 9.17) is 4.74 Å². The Kier molecular flexibility index (Phi) is 7.67. The zero-order valence-corrected chi connectivity index (χ0v) is 20.6. The lowest BCUT2D eigenvalue weighted by atomic mass is 9.83. The van der Waals surface area contributed by atoms with Crippen LogP contribution in [-0.4, -0.2) is 35.2 Å². The molecule has 0 amide bonds. The van der Waals surface area contributed by atoms with E-state index in [0.29, 0.717) is 36.0 Å². The van der Waals surface area contributed by atoms with Gasteiger partial charge in [-0.2, -0.15) is 13.2 Å². The Labute approximate surface area is 220 Å². The number of halogens is 5. The zero-order chi connectivity index (χ0) is 28.4. The number of carbonyl (C=O) groups is 2. The molecule has 0 radical (unpaired) electrons. The summed E-state index contributed by atoms with van der Waals surface area (Å²) in [5.41, 5.74) is -2.96. The van der Waals surface area contributed by atoms with Crippen molar-refractivity contribution in [2.75, 3.05) is 6.61 Å². The Morgan fingerprint density at radius 3 is 2.38 bits per heavy atom. The smallest absolute Gasteiger partial charge is 0.416 e. The molecule has 1 aliphatic rings. The number of hydrogen-bond acceptors (Lipinski definition) is 4. The summed E-state index contributed by atoms with van der Waals surface area (Å²) < 4.78 is 74.4. The third-order valence-electron chi connectivity index (χ3n) is 6.20. The van der Waals surface area contributed by atoms with Crippen LogP contribution in [0.3, 0.4) is 0 Å². The second-order valence-corrected chi connectivity index (χ2v) is 8.93. The molecular weight excluding hydrogens is 521 g/mol. The molecule has 1 heterocycles. The summed E-state index contributed by atoms with van der Waals surface area (Å²) in [7, 11) is 0. The Morgan fingerprint density at radius 2 is 1.77 bits per heavy atom. The molecule has 0 saturated heterocycles. The minimum Gasteiger partial charge on any atom is -0.493 e. The number of allylic oxidation sites excluding steroid dienone is 1. The number of Topliss-reactive ketones (excluding diaryl/α,β-unsaturated/α-hetero) is 1. The molecular formula is C29H22F5NO4. The van der Waals surface area contributed by atoms with Crippen molar-refractivity contribution in [3.63, 3.8) is 0 Å². The van der Waals surface area contributed by atoms with Gasteiger partial charge in [-0.05, 0) is 78.2 Å². The molecule has 39 heavy (non-hydrogen) atoms. The fraction of sp³-hybridized carbons (Fsp3) is 0.207. The quantitative estimate of drug-likeness (QED) is 0.234. The van der Waals surface area contributed by atoms with E-state index in [1.807, 2.05) is 6.92 Å². The summed E-state index contributed by atoms with van der Waals surface area (Å²) in [6, 6.07) is 9.61. The molecule has 10 heteroatoms.